The van der Waals surface area contributed by atoms with Crippen LogP contribution in [0.15, 0.2) is 0 Å². The summed E-state index contributed by atoms with van der Waals surface area (Å²) >= 11 is 2.04. The lowest BCUT2D eigenvalue weighted by Gasteiger charge is -2.15. The second-order valence-electron chi connectivity index (χ2n) is 4.10. The van der Waals surface area contributed by atoms with Gasteiger partial charge in [-0.05, 0) is 42.7 Å². The highest BCUT2D eigenvalue weighted by atomic mass is 32.2. The molecule has 2 heterocycles. The van der Waals surface area contributed by atoms with Crippen molar-refractivity contribution in [1.82, 2.24) is 5.32 Å². The van der Waals surface area contributed by atoms with Crippen molar-refractivity contribution < 1.29 is 9.53 Å². The van der Waals surface area contributed by atoms with Crippen LogP contribution in [0.3, 0.4) is 0 Å². The first-order valence-electron chi connectivity index (χ1n) is 5.20. The van der Waals surface area contributed by atoms with E-state index in [1.165, 1.54) is 25.0 Å². The van der Waals surface area contributed by atoms with Gasteiger partial charge in [0.2, 0.25) is 0 Å². The molecule has 0 radical (unpaired) electrons. The highest BCUT2D eigenvalue weighted by molar-refractivity contribution is 7.99. The zero-order valence-electron chi connectivity index (χ0n) is 8.49. The lowest BCUT2D eigenvalue weighted by atomic mass is 9.90. The van der Waals surface area contributed by atoms with Gasteiger partial charge in [0.1, 0.15) is 6.04 Å². The quantitative estimate of drug-likeness (QED) is 0.694. The van der Waals surface area contributed by atoms with Crippen molar-refractivity contribution in [2.75, 3.05) is 25.2 Å². The van der Waals surface area contributed by atoms with Crippen LogP contribution in [0.25, 0.3) is 0 Å². The predicted octanol–water partition coefficient (Wildman–Crippen LogP) is 0.891. The zero-order valence-corrected chi connectivity index (χ0v) is 9.31. The van der Waals surface area contributed by atoms with Gasteiger partial charge in [0.25, 0.3) is 0 Å². The van der Waals surface area contributed by atoms with Crippen LogP contribution < -0.4 is 5.32 Å². The van der Waals surface area contributed by atoms with Gasteiger partial charge < -0.3 is 10.1 Å². The fourth-order valence-electron chi connectivity index (χ4n) is 2.37. The van der Waals surface area contributed by atoms with E-state index in [1.54, 1.807) is 0 Å². The lowest BCUT2D eigenvalue weighted by molar-refractivity contribution is -0.142. The number of rotatable bonds is 2. The minimum atomic E-state index is -0.0989. The van der Waals surface area contributed by atoms with E-state index in [0.717, 1.165) is 18.9 Å². The summed E-state index contributed by atoms with van der Waals surface area (Å²) in [5, 5.41) is 3.25. The van der Waals surface area contributed by atoms with Crippen molar-refractivity contribution in [3.8, 4) is 0 Å². The Hall–Kier alpha value is -0.220. The third kappa shape index (κ3) is 2.06. The molecule has 0 spiro atoms. The van der Waals surface area contributed by atoms with Gasteiger partial charge in [-0.1, -0.05) is 0 Å². The highest BCUT2D eigenvalue weighted by Crippen LogP contribution is 2.34. The van der Waals surface area contributed by atoms with Crippen LogP contribution in [0.4, 0.5) is 0 Å². The first-order valence-corrected chi connectivity index (χ1v) is 6.35. The van der Waals surface area contributed by atoms with E-state index >= 15 is 0 Å². The molecule has 3 nitrogen and oxygen atoms in total. The second kappa shape index (κ2) is 4.53. The fourth-order valence-corrected chi connectivity index (χ4v) is 3.75. The van der Waals surface area contributed by atoms with Crippen LogP contribution in [0.2, 0.25) is 0 Å². The van der Waals surface area contributed by atoms with E-state index in [9.17, 15) is 4.79 Å². The molecule has 2 fully saturated rings. The molecule has 0 bridgehead atoms. The summed E-state index contributed by atoms with van der Waals surface area (Å²) in [5.41, 5.74) is 0. The average Bonchev–Trinajstić information content (AvgIpc) is 2.86. The number of hydrogen-bond acceptors (Lipinski definition) is 4. The normalized spacial score (nSPS) is 37.4. The molecular weight excluding hydrogens is 198 g/mol. The summed E-state index contributed by atoms with van der Waals surface area (Å²) in [7, 11) is 1.46. The Balaban J connectivity index is 1.84. The largest absolute Gasteiger partial charge is 0.468 e. The molecule has 0 aromatic heterocycles. The third-order valence-corrected chi connectivity index (χ3v) is 4.47. The molecular formula is C10H17NO2S. The number of hydrogen-bond donors (Lipinski definition) is 1. The standard InChI is InChI=1S/C10H17NO2S/c1-13-10(12)9-4-8(5-11-9)7-2-3-14-6-7/h7-9,11H,2-6H2,1H3. The van der Waals surface area contributed by atoms with Crippen LogP contribution in [-0.4, -0.2) is 37.2 Å². The van der Waals surface area contributed by atoms with Crippen molar-refractivity contribution in [2.45, 2.75) is 18.9 Å². The molecule has 2 rings (SSSR count). The van der Waals surface area contributed by atoms with Crippen molar-refractivity contribution in [2.24, 2.45) is 11.8 Å². The maximum atomic E-state index is 11.3. The first-order chi connectivity index (χ1) is 6.81. The van der Waals surface area contributed by atoms with E-state index < -0.39 is 0 Å². The number of thioether (sulfide) groups is 1. The minimum Gasteiger partial charge on any atom is -0.468 e. The van der Waals surface area contributed by atoms with E-state index in [-0.39, 0.29) is 12.0 Å². The monoisotopic (exact) mass is 215 g/mol. The summed E-state index contributed by atoms with van der Waals surface area (Å²) in [6.07, 6.45) is 2.29. The van der Waals surface area contributed by atoms with E-state index in [0.29, 0.717) is 5.92 Å². The van der Waals surface area contributed by atoms with Crippen molar-refractivity contribution >= 4 is 17.7 Å². The van der Waals surface area contributed by atoms with Gasteiger partial charge in [0, 0.05) is 0 Å². The summed E-state index contributed by atoms with van der Waals surface area (Å²) in [6.45, 7) is 0.991. The summed E-state index contributed by atoms with van der Waals surface area (Å²) in [4.78, 5) is 11.3. The first kappa shape index (κ1) is 10.3. The van der Waals surface area contributed by atoms with Crippen molar-refractivity contribution in [3.05, 3.63) is 0 Å². The molecule has 3 atom stereocenters. The molecule has 4 heteroatoms. The number of esters is 1. The SMILES string of the molecule is COC(=O)C1CC(C2CCSC2)CN1. The maximum absolute atomic E-state index is 11.3. The molecule has 0 aromatic rings. The molecule has 2 saturated heterocycles. The molecule has 80 valence electrons. The Morgan fingerprint density at radius 2 is 2.36 bits per heavy atom. The topological polar surface area (TPSA) is 38.3 Å². The van der Waals surface area contributed by atoms with Crippen LogP contribution >= 0.6 is 11.8 Å². The Morgan fingerprint density at radius 1 is 1.50 bits per heavy atom. The predicted molar refractivity (Wildman–Crippen MR) is 57.3 cm³/mol. The molecule has 0 aliphatic carbocycles. The number of carbonyl (C=O) groups is 1. The number of nitrogens with one attached hydrogen (secondary N) is 1. The number of methoxy groups -OCH3 is 1. The Kier molecular flexibility index (Phi) is 3.34. The smallest absolute Gasteiger partial charge is 0.322 e. The number of carbonyl (C=O) groups excluding carboxylic acids is 1. The molecule has 3 unspecified atom stereocenters. The number of ether oxygens (including phenoxy) is 1. The van der Waals surface area contributed by atoms with E-state index in [4.69, 9.17) is 4.74 Å². The average molecular weight is 215 g/mol. The summed E-state index contributed by atoms with van der Waals surface area (Å²) in [5.74, 6) is 3.99. The van der Waals surface area contributed by atoms with Crippen molar-refractivity contribution in [3.63, 3.8) is 0 Å². The Bertz CT molecular complexity index is 216. The van der Waals surface area contributed by atoms with Gasteiger partial charge in [0.15, 0.2) is 0 Å². The second-order valence-corrected chi connectivity index (χ2v) is 5.25. The van der Waals surface area contributed by atoms with Gasteiger partial charge >= 0.3 is 5.97 Å². The van der Waals surface area contributed by atoms with Crippen LogP contribution in [0, 0.1) is 11.8 Å². The van der Waals surface area contributed by atoms with Crippen molar-refractivity contribution in [1.29, 1.82) is 0 Å². The highest BCUT2D eigenvalue weighted by Gasteiger charge is 2.35. The molecule has 14 heavy (non-hydrogen) atoms. The van der Waals surface area contributed by atoms with E-state index in [1.807, 2.05) is 11.8 Å². The summed E-state index contributed by atoms with van der Waals surface area (Å²) in [6, 6.07) is -0.0457. The zero-order chi connectivity index (χ0) is 9.97. The Labute approximate surface area is 89.0 Å². The summed E-state index contributed by atoms with van der Waals surface area (Å²) < 4.78 is 4.74. The van der Waals surface area contributed by atoms with Crippen LogP contribution in [0.5, 0.6) is 0 Å². The molecule has 0 amide bonds. The fraction of sp³-hybridized carbons (Fsp3) is 0.900. The Morgan fingerprint density at radius 3 is 3.00 bits per heavy atom. The van der Waals surface area contributed by atoms with Crippen LogP contribution in [0.1, 0.15) is 12.8 Å². The maximum Gasteiger partial charge on any atom is 0.322 e. The van der Waals surface area contributed by atoms with Crippen LogP contribution in [-0.2, 0) is 9.53 Å². The molecule has 2 aliphatic rings. The molecule has 2 aliphatic heterocycles. The van der Waals surface area contributed by atoms with Gasteiger partial charge in [-0.25, -0.2) is 0 Å². The minimum absolute atomic E-state index is 0.0457. The third-order valence-electron chi connectivity index (χ3n) is 3.28. The van der Waals surface area contributed by atoms with Gasteiger partial charge in [-0.2, -0.15) is 11.8 Å². The molecule has 0 saturated carbocycles. The van der Waals surface area contributed by atoms with Gasteiger partial charge in [-0.15, -0.1) is 0 Å². The van der Waals surface area contributed by atoms with E-state index in [2.05, 4.69) is 5.32 Å². The lowest BCUT2D eigenvalue weighted by Crippen LogP contribution is -2.31. The molecule has 1 N–H and O–H groups in total. The van der Waals surface area contributed by atoms with Gasteiger partial charge in [0.05, 0.1) is 7.11 Å². The van der Waals surface area contributed by atoms with Gasteiger partial charge in [-0.3, -0.25) is 4.79 Å². The molecule has 0 aromatic carbocycles.